The summed E-state index contributed by atoms with van der Waals surface area (Å²) in [7, 11) is 0. The number of carbonyl (C=O) groups excluding carboxylic acids is 1. The topological polar surface area (TPSA) is 41.1 Å². The molecule has 1 fully saturated rings. The van der Waals surface area contributed by atoms with Crippen molar-refractivity contribution in [3.05, 3.63) is 28.7 Å². The summed E-state index contributed by atoms with van der Waals surface area (Å²) >= 11 is 3.38. The molecular formula is C14H19BrN2O. The highest BCUT2D eigenvalue weighted by atomic mass is 79.9. The molecule has 0 aromatic heterocycles. The Hall–Kier alpha value is -0.870. The molecular weight excluding hydrogens is 292 g/mol. The van der Waals surface area contributed by atoms with Crippen LogP contribution in [0, 0.1) is 5.92 Å². The van der Waals surface area contributed by atoms with Gasteiger partial charge in [-0.25, -0.2) is 0 Å². The molecule has 3 nitrogen and oxygen atoms in total. The van der Waals surface area contributed by atoms with Crippen molar-refractivity contribution in [2.45, 2.75) is 25.7 Å². The molecule has 1 saturated carbocycles. The first-order valence-corrected chi connectivity index (χ1v) is 7.29. The number of halogens is 1. The van der Waals surface area contributed by atoms with Crippen molar-refractivity contribution in [1.82, 2.24) is 5.32 Å². The van der Waals surface area contributed by atoms with Gasteiger partial charge in [0, 0.05) is 10.2 Å². The van der Waals surface area contributed by atoms with Crippen molar-refractivity contribution >= 4 is 27.5 Å². The molecule has 18 heavy (non-hydrogen) atoms. The Morgan fingerprint density at radius 2 is 2.22 bits per heavy atom. The molecule has 1 aliphatic carbocycles. The second-order valence-corrected chi connectivity index (χ2v) is 5.74. The molecule has 98 valence electrons. The quantitative estimate of drug-likeness (QED) is 0.760. The van der Waals surface area contributed by atoms with Crippen LogP contribution >= 0.6 is 15.9 Å². The van der Waals surface area contributed by atoms with Gasteiger partial charge in [-0.1, -0.05) is 34.8 Å². The second-order valence-electron chi connectivity index (χ2n) is 4.82. The van der Waals surface area contributed by atoms with Crippen molar-refractivity contribution in [2.24, 2.45) is 5.92 Å². The van der Waals surface area contributed by atoms with E-state index in [1.807, 2.05) is 24.3 Å². The van der Waals surface area contributed by atoms with E-state index in [0.29, 0.717) is 6.54 Å². The zero-order valence-electron chi connectivity index (χ0n) is 10.4. The fourth-order valence-electron chi connectivity index (χ4n) is 1.90. The number of anilines is 1. The lowest BCUT2D eigenvalue weighted by Gasteiger charge is -2.07. The zero-order chi connectivity index (χ0) is 12.8. The van der Waals surface area contributed by atoms with E-state index in [4.69, 9.17) is 0 Å². The van der Waals surface area contributed by atoms with Crippen LogP contribution in [0.15, 0.2) is 28.7 Å². The number of benzene rings is 1. The van der Waals surface area contributed by atoms with Gasteiger partial charge in [-0.2, -0.15) is 0 Å². The first-order chi connectivity index (χ1) is 8.74. The Kier molecular flexibility index (Phi) is 5.20. The van der Waals surface area contributed by atoms with E-state index < -0.39 is 0 Å². The van der Waals surface area contributed by atoms with E-state index in [9.17, 15) is 4.79 Å². The smallest absolute Gasteiger partial charge is 0.238 e. The SMILES string of the molecule is O=C(CNCCCC1CC1)Nc1cccc(Br)c1. The summed E-state index contributed by atoms with van der Waals surface area (Å²) < 4.78 is 0.970. The third-order valence-electron chi connectivity index (χ3n) is 3.06. The number of carbonyl (C=O) groups is 1. The van der Waals surface area contributed by atoms with Crippen LogP contribution < -0.4 is 10.6 Å². The highest BCUT2D eigenvalue weighted by Gasteiger charge is 2.19. The maximum atomic E-state index is 11.6. The average Bonchev–Trinajstić information content (AvgIpc) is 3.12. The van der Waals surface area contributed by atoms with E-state index in [1.165, 1.54) is 25.7 Å². The van der Waals surface area contributed by atoms with Crippen LogP contribution in [0.25, 0.3) is 0 Å². The summed E-state index contributed by atoms with van der Waals surface area (Å²) in [6, 6.07) is 7.62. The van der Waals surface area contributed by atoms with Gasteiger partial charge >= 0.3 is 0 Å². The molecule has 1 amide bonds. The van der Waals surface area contributed by atoms with Gasteiger partial charge in [0.1, 0.15) is 0 Å². The molecule has 0 saturated heterocycles. The predicted molar refractivity (Wildman–Crippen MR) is 77.6 cm³/mol. The predicted octanol–water partition coefficient (Wildman–Crippen LogP) is 3.17. The van der Waals surface area contributed by atoms with Crippen LogP contribution in [0.4, 0.5) is 5.69 Å². The highest BCUT2D eigenvalue weighted by Crippen LogP contribution is 2.33. The van der Waals surface area contributed by atoms with Crippen LogP contribution in [-0.4, -0.2) is 19.0 Å². The molecule has 1 aromatic rings. The van der Waals surface area contributed by atoms with Gasteiger partial charge in [0.15, 0.2) is 0 Å². The second kappa shape index (κ2) is 6.90. The lowest BCUT2D eigenvalue weighted by molar-refractivity contribution is -0.115. The molecule has 4 heteroatoms. The molecule has 0 heterocycles. The van der Waals surface area contributed by atoms with Crippen molar-refractivity contribution in [2.75, 3.05) is 18.4 Å². The molecule has 2 rings (SSSR count). The van der Waals surface area contributed by atoms with Crippen LogP contribution in [-0.2, 0) is 4.79 Å². The number of hydrogen-bond acceptors (Lipinski definition) is 2. The van der Waals surface area contributed by atoms with Crippen molar-refractivity contribution < 1.29 is 4.79 Å². The standard InChI is InChI=1S/C14H19BrN2O/c15-12-4-1-5-13(9-12)17-14(18)10-16-8-2-3-11-6-7-11/h1,4-5,9,11,16H,2-3,6-8,10H2,(H,17,18). The normalized spacial score (nSPS) is 14.5. The van der Waals surface area contributed by atoms with Gasteiger partial charge in [-0.3, -0.25) is 4.79 Å². The van der Waals surface area contributed by atoms with Gasteiger partial charge in [-0.15, -0.1) is 0 Å². The van der Waals surface area contributed by atoms with E-state index in [1.54, 1.807) is 0 Å². The van der Waals surface area contributed by atoms with E-state index in [-0.39, 0.29) is 5.91 Å². The van der Waals surface area contributed by atoms with E-state index in [0.717, 1.165) is 22.6 Å². The summed E-state index contributed by atoms with van der Waals surface area (Å²) in [6.07, 6.45) is 5.29. The van der Waals surface area contributed by atoms with E-state index in [2.05, 4.69) is 26.6 Å². The molecule has 0 aliphatic heterocycles. The number of amides is 1. The molecule has 0 atom stereocenters. The largest absolute Gasteiger partial charge is 0.325 e. The maximum absolute atomic E-state index is 11.6. The first kappa shape index (κ1) is 13.6. The van der Waals surface area contributed by atoms with Crippen LogP contribution in [0.5, 0.6) is 0 Å². The maximum Gasteiger partial charge on any atom is 0.238 e. The molecule has 0 bridgehead atoms. The molecule has 1 aromatic carbocycles. The first-order valence-electron chi connectivity index (χ1n) is 6.50. The summed E-state index contributed by atoms with van der Waals surface area (Å²) in [6.45, 7) is 1.32. The van der Waals surface area contributed by atoms with Crippen LogP contribution in [0.1, 0.15) is 25.7 Å². The zero-order valence-corrected chi connectivity index (χ0v) is 12.0. The minimum Gasteiger partial charge on any atom is -0.325 e. The minimum absolute atomic E-state index is 0.0134. The van der Waals surface area contributed by atoms with Gasteiger partial charge in [0.2, 0.25) is 5.91 Å². The molecule has 0 radical (unpaired) electrons. The number of rotatable bonds is 7. The van der Waals surface area contributed by atoms with Crippen molar-refractivity contribution in [3.63, 3.8) is 0 Å². The van der Waals surface area contributed by atoms with Crippen molar-refractivity contribution in [1.29, 1.82) is 0 Å². The molecule has 1 aliphatic rings. The Balaban J connectivity index is 1.59. The Bertz CT molecular complexity index is 405. The lowest BCUT2D eigenvalue weighted by Crippen LogP contribution is -2.28. The molecule has 0 spiro atoms. The van der Waals surface area contributed by atoms with E-state index >= 15 is 0 Å². The van der Waals surface area contributed by atoms with Crippen LogP contribution in [0.2, 0.25) is 0 Å². The third kappa shape index (κ3) is 5.19. The number of hydrogen-bond donors (Lipinski definition) is 2. The fraction of sp³-hybridized carbons (Fsp3) is 0.500. The Labute approximate surface area is 116 Å². The summed E-state index contributed by atoms with van der Waals surface area (Å²) in [5.74, 6) is 0.988. The Morgan fingerprint density at radius 1 is 1.39 bits per heavy atom. The minimum atomic E-state index is 0.0134. The van der Waals surface area contributed by atoms with Gasteiger partial charge in [0.25, 0.3) is 0 Å². The number of nitrogens with one attached hydrogen (secondary N) is 2. The van der Waals surface area contributed by atoms with Crippen LogP contribution in [0.3, 0.4) is 0 Å². The lowest BCUT2D eigenvalue weighted by atomic mass is 10.2. The van der Waals surface area contributed by atoms with Crippen molar-refractivity contribution in [3.8, 4) is 0 Å². The fourth-order valence-corrected chi connectivity index (χ4v) is 2.29. The molecule has 2 N–H and O–H groups in total. The summed E-state index contributed by atoms with van der Waals surface area (Å²) in [5.41, 5.74) is 0.828. The highest BCUT2D eigenvalue weighted by molar-refractivity contribution is 9.10. The monoisotopic (exact) mass is 310 g/mol. The third-order valence-corrected chi connectivity index (χ3v) is 3.55. The Morgan fingerprint density at radius 3 is 2.94 bits per heavy atom. The van der Waals surface area contributed by atoms with Gasteiger partial charge in [-0.05, 0) is 43.5 Å². The van der Waals surface area contributed by atoms with Gasteiger partial charge < -0.3 is 10.6 Å². The average molecular weight is 311 g/mol. The molecule has 0 unspecified atom stereocenters. The van der Waals surface area contributed by atoms with Gasteiger partial charge in [0.05, 0.1) is 6.54 Å². The summed E-state index contributed by atoms with van der Waals surface area (Å²) in [4.78, 5) is 11.6. The summed E-state index contributed by atoms with van der Waals surface area (Å²) in [5, 5.41) is 6.04.